The molecule has 0 bridgehead atoms. The summed E-state index contributed by atoms with van der Waals surface area (Å²) in [5.74, 6) is 0. The van der Waals surface area contributed by atoms with E-state index >= 15 is 0 Å². The molecular formula is C10H17ClN2O2S2. The summed E-state index contributed by atoms with van der Waals surface area (Å²) in [7, 11) is -3.25. The molecule has 1 N–H and O–H groups in total. The van der Waals surface area contributed by atoms with Gasteiger partial charge in [-0.05, 0) is 32.0 Å². The predicted octanol–water partition coefficient (Wildman–Crippen LogP) is 1.46. The van der Waals surface area contributed by atoms with Crippen LogP contribution in [0, 0.1) is 6.92 Å². The largest absolute Gasteiger partial charge is 0.315 e. The van der Waals surface area contributed by atoms with Crippen molar-refractivity contribution in [2.45, 2.75) is 17.6 Å². The lowest BCUT2D eigenvalue weighted by molar-refractivity contribution is 0.433. The maximum atomic E-state index is 12.3. The minimum absolute atomic E-state index is 0. The molecule has 0 atom stereocenters. The van der Waals surface area contributed by atoms with E-state index < -0.39 is 10.0 Å². The van der Waals surface area contributed by atoms with Crippen molar-refractivity contribution >= 4 is 33.8 Å². The highest BCUT2D eigenvalue weighted by Crippen LogP contribution is 2.24. The van der Waals surface area contributed by atoms with Crippen molar-refractivity contribution in [2.75, 3.05) is 26.2 Å². The number of halogens is 1. The van der Waals surface area contributed by atoms with E-state index in [0.717, 1.165) is 24.4 Å². The van der Waals surface area contributed by atoms with Gasteiger partial charge in [0.25, 0.3) is 10.0 Å². The van der Waals surface area contributed by atoms with Gasteiger partial charge in [0.2, 0.25) is 0 Å². The minimum Gasteiger partial charge on any atom is -0.315 e. The van der Waals surface area contributed by atoms with Gasteiger partial charge in [-0.1, -0.05) is 0 Å². The predicted molar refractivity (Wildman–Crippen MR) is 72.5 cm³/mol. The lowest BCUT2D eigenvalue weighted by Gasteiger charge is -2.18. The molecular weight excluding hydrogens is 280 g/mol. The van der Waals surface area contributed by atoms with E-state index in [1.807, 2.05) is 13.0 Å². The molecule has 17 heavy (non-hydrogen) atoms. The Labute approximate surface area is 112 Å². The van der Waals surface area contributed by atoms with Crippen molar-refractivity contribution in [3.8, 4) is 0 Å². The van der Waals surface area contributed by atoms with Gasteiger partial charge in [-0.3, -0.25) is 0 Å². The molecule has 0 unspecified atom stereocenters. The molecule has 1 saturated heterocycles. The minimum atomic E-state index is -3.25. The summed E-state index contributed by atoms with van der Waals surface area (Å²) >= 11 is 1.35. The van der Waals surface area contributed by atoms with Gasteiger partial charge < -0.3 is 5.32 Å². The molecule has 98 valence electrons. The summed E-state index contributed by atoms with van der Waals surface area (Å²) in [4.78, 5) is 1.03. The summed E-state index contributed by atoms with van der Waals surface area (Å²) in [5.41, 5.74) is 0. The van der Waals surface area contributed by atoms with E-state index in [0.29, 0.717) is 17.3 Å². The molecule has 2 rings (SSSR count). The molecule has 1 aromatic rings. The van der Waals surface area contributed by atoms with Crippen molar-refractivity contribution < 1.29 is 8.42 Å². The van der Waals surface area contributed by atoms with Gasteiger partial charge in [0.1, 0.15) is 4.21 Å². The van der Waals surface area contributed by atoms with E-state index in [1.54, 1.807) is 10.4 Å². The molecule has 1 aliphatic heterocycles. The first-order valence-electron chi connectivity index (χ1n) is 5.38. The van der Waals surface area contributed by atoms with Gasteiger partial charge in [-0.15, -0.1) is 23.7 Å². The number of nitrogens with one attached hydrogen (secondary N) is 1. The number of aryl methyl sites for hydroxylation is 1. The first-order valence-corrected chi connectivity index (χ1v) is 7.64. The highest BCUT2D eigenvalue weighted by atomic mass is 35.5. The number of sulfonamides is 1. The fourth-order valence-corrected chi connectivity index (χ4v) is 4.66. The first-order chi connectivity index (χ1) is 7.60. The zero-order chi connectivity index (χ0) is 11.6. The first kappa shape index (κ1) is 14.9. The second-order valence-electron chi connectivity index (χ2n) is 3.87. The summed E-state index contributed by atoms with van der Waals surface area (Å²) in [6.07, 6.45) is 0.879. The monoisotopic (exact) mass is 296 g/mol. The fourth-order valence-electron chi connectivity index (χ4n) is 1.74. The van der Waals surface area contributed by atoms with Gasteiger partial charge in [0, 0.05) is 24.5 Å². The van der Waals surface area contributed by atoms with Gasteiger partial charge in [0.15, 0.2) is 0 Å². The van der Waals surface area contributed by atoms with Gasteiger partial charge in [-0.25, -0.2) is 8.42 Å². The van der Waals surface area contributed by atoms with E-state index in [9.17, 15) is 8.42 Å². The van der Waals surface area contributed by atoms with Crippen molar-refractivity contribution in [3.05, 3.63) is 17.0 Å². The zero-order valence-electron chi connectivity index (χ0n) is 9.68. The van der Waals surface area contributed by atoms with Crippen molar-refractivity contribution in [3.63, 3.8) is 0 Å². The van der Waals surface area contributed by atoms with Gasteiger partial charge in [0.05, 0.1) is 0 Å². The van der Waals surface area contributed by atoms with E-state index in [2.05, 4.69) is 5.32 Å². The molecule has 0 saturated carbocycles. The summed E-state index contributed by atoms with van der Waals surface area (Å²) in [6, 6.07) is 3.56. The van der Waals surface area contributed by atoms with Crippen LogP contribution in [0.4, 0.5) is 0 Å². The summed E-state index contributed by atoms with van der Waals surface area (Å²) in [5, 5.41) is 3.20. The van der Waals surface area contributed by atoms with Crippen LogP contribution in [0.25, 0.3) is 0 Å². The molecule has 1 aromatic heterocycles. The molecule has 0 aliphatic carbocycles. The molecule has 1 aliphatic rings. The molecule has 4 nitrogen and oxygen atoms in total. The Balaban J connectivity index is 0.00000144. The van der Waals surface area contributed by atoms with Crippen LogP contribution in [-0.2, 0) is 10.0 Å². The third-order valence-electron chi connectivity index (χ3n) is 2.61. The highest BCUT2D eigenvalue weighted by Gasteiger charge is 2.26. The van der Waals surface area contributed by atoms with Crippen LogP contribution >= 0.6 is 23.7 Å². The summed E-state index contributed by atoms with van der Waals surface area (Å²) in [6.45, 7) is 4.75. The van der Waals surface area contributed by atoms with E-state index in [4.69, 9.17) is 0 Å². The SMILES string of the molecule is Cc1ccc(S(=O)(=O)N2CCCNCC2)s1.Cl. The Morgan fingerprint density at radius 1 is 1.29 bits per heavy atom. The average Bonchev–Trinajstić information content (AvgIpc) is 2.54. The number of thiophene rings is 1. The second-order valence-corrected chi connectivity index (χ2v) is 7.33. The maximum absolute atomic E-state index is 12.3. The highest BCUT2D eigenvalue weighted by molar-refractivity contribution is 7.91. The van der Waals surface area contributed by atoms with Gasteiger partial charge in [-0.2, -0.15) is 4.31 Å². The quantitative estimate of drug-likeness (QED) is 0.899. The fraction of sp³-hybridized carbons (Fsp3) is 0.600. The normalized spacial score (nSPS) is 18.4. The number of hydrogen-bond acceptors (Lipinski definition) is 4. The lowest BCUT2D eigenvalue weighted by Crippen LogP contribution is -2.33. The van der Waals surface area contributed by atoms with Crippen LogP contribution in [0.3, 0.4) is 0 Å². The van der Waals surface area contributed by atoms with Crippen LogP contribution in [0.2, 0.25) is 0 Å². The number of hydrogen-bond donors (Lipinski definition) is 1. The molecule has 2 heterocycles. The van der Waals surface area contributed by atoms with Crippen LogP contribution in [-0.4, -0.2) is 38.9 Å². The van der Waals surface area contributed by atoms with Crippen molar-refractivity contribution in [1.82, 2.24) is 9.62 Å². The molecule has 7 heteroatoms. The van der Waals surface area contributed by atoms with Crippen LogP contribution < -0.4 is 5.32 Å². The molecule has 0 spiro atoms. The molecule has 0 amide bonds. The van der Waals surface area contributed by atoms with Crippen LogP contribution in [0.5, 0.6) is 0 Å². The van der Waals surface area contributed by atoms with E-state index in [1.165, 1.54) is 11.3 Å². The lowest BCUT2D eigenvalue weighted by atomic mass is 10.4. The molecule has 0 aromatic carbocycles. The van der Waals surface area contributed by atoms with Crippen molar-refractivity contribution in [1.29, 1.82) is 0 Å². The zero-order valence-corrected chi connectivity index (χ0v) is 12.1. The number of rotatable bonds is 2. The Bertz CT molecular complexity index is 451. The Kier molecular flexibility index (Phi) is 5.40. The Morgan fingerprint density at radius 3 is 2.71 bits per heavy atom. The van der Waals surface area contributed by atoms with Gasteiger partial charge >= 0.3 is 0 Å². The van der Waals surface area contributed by atoms with E-state index in [-0.39, 0.29) is 12.4 Å². The molecule has 1 fully saturated rings. The Hall–Kier alpha value is -0.140. The topological polar surface area (TPSA) is 49.4 Å². The molecule has 0 radical (unpaired) electrons. The Morgan fingerprint density at radius 2 is 2.06 bits per heavy atom. The van der Waals surface area contributed by atoms with Crippen LogP contribution in [0.15, 0.2) is 16.3 Å². The standard InChI is InChI=1S/C10H16N2O2S2.ClH/c1-9-3-4-10(15-9)16(13,14)12-7-2-5-11-6-8-12;/h3-4,11H,2,5-8H2,1H3;1H. The second kappa shape index (κ2) is 6.15. The summed E-state index contributed by atoms with van der Waals surface area (Å²) < 4.78 is 26.6. The smallest absolute Gasteiger partial charge is 0.252 e. The third kappa shape index (κ3) is 3.42. The number of nitrogens with zero attached hydrogens (tertiary/aromatic N) is 1. The average molecular weight is 297 g/mol. The third-order valence-corrected chi connectivity index (χ3v) is 5.98. The maximum Gasteiger partial charge on any atom is 0.252 e. The van der Waals surface area contributed by atoms with Crippen molar-refractivity contribution in [2.24, 2.45) is 0 Å². The van der Waals surface area contributed by atoms with Crippen LogP contribution in [0.1, 0.15) is 11.3 Å².